The molecule has 2 rings (SSSR count). The van der Waals surface area contributed by atoms with Gasteiger partial charge in [0.1, 0.15) is 5.82 Å². The van der Waals surface area contributed by atoms with E-state index in [1.54, 1.807) is 0 Å². The van der Waals surface area contributed by atoms with E-state index in [0.717, 1.165) is 44.8 Å². The molecule has 0 aliphatic carbocycles. The van der Waals surface area contributed by atoms with Crippen molar-refractivity contribution in [3.05, 3.63) is 30.1 Å². The maximum absolute atomic E-state index is 12.9. The highest BCUT2D eigenvalue weighted by Gasteiger charge is 2.19. The van der Waals surface area contributed by atoms with E-state index in [0.29, 0.717) is 5.92 Å². The molecule has 4 heteroatoms. The van der Waals surface area contributed by atoms with Crippen molar-refractivity contribution in [2.75, 3.05) is 37.6 Å². The average Bonchev–Trinajstić information content (AvgIpc) is 2.39. The molecule has 1 aliphatic rings. The van der Waals surface area contributed by atoms with E-state index in [1.807, 2.05) is 12.1 Å². The Hall–Kier alpha value is -1.13. The van der Waals surface area contributed by atoms with Gasteiger partial charge < -0.3 is 10.6 Å². The molecule has 1 aromatic rings. The first kappa shape index (κ1) is 15.3. The van der Waals surface area contributed by atoms with Gasteiger partial charge in [-0.25, -0.2) is 4.39 Å². The number of nitrogens with two attached hydrogens (primary N) is 1. The van der Waals surface area contributed by atoms with Gasteiger partial charge in [0.2, 0.25) is 0 Å². The number of benzene rings is 1. The smallest absolute Gasteiger partial charge is 0.123 e. The van der Waals surface area contributed by atoms with Gasteiger partial charge in [-0.05, 0) is 36.6 Å². The predicted molar refractivity (Wildman–Crippen MR) is 82.5 cm³/mol. The summed E-state index contributed by atoms with van der Waals surface area (Å²) in [5.41, 5.74) is 7.28. The van der Waals surface area contributed by atoms with Crippen LogP contribution in [0.15, 0.2) is 24.3 Å². The SMILES string of the molecule is CC(C)CC(N)CN1CCN(c2ccc(F)cc2)CC1. The standard InChI is InChI=1S/C16H26FN3/c1-13(2)11-15(18)12-19-7-9-20(10-8-19)16-5-3-14(17)4-6-16/h3-6,13,15H,7-12,18H2,1-2H3. The molecular weight excluding hydrogens is 253 g/mol. The van der Waals surface area contributed by atoms with Crippen LogP contribution in [0.2, 0.25) is 0 Å². The Bertz CT molecular complexity index is 397. The van der Waals surface area contributed by atoms with Crippen LogP contribution in [0, 0.1) is 11.7 Å². The van der Waals surface area contributed by atoms with Crippen LogP contribution in [0.3, 0.4) is 0 Å². The van der Waals surface area contributed by atoms with Crippen LogP contribution < -0.4 is 10.6 Å². The summed E-state index contributed by atoms with van der Waals surface area (Å²) in [6.07, 6.45) is 1.08. The molecule has 0 aromatic heterocycles. The second-order valence-corrected chi connectivity index (χ2v) is 6.15. The average molecular weight is 279 g/mol. The Kier molecular flexibility index (Phi) is 5.38. The van der Waals surface area contributed by atoms with Crippen LogP contribution in [0.25, 0.3) is 0 Å². The van der Waals surface area contributed by atoms with Crippen molar-refractivity contribution in [2.45, 2.75) is 26.3 Å². The van der Waals surface area contributed by atoms with Crippen LogP contribution in [-0.2, 0) is 0 Å². The van der Waals surface area contributed by atoms with E-state index in [1.165, 1.54) is 12.1 Å². The van der Waals surface area contributed by atoms with E-state index in [9.17, 15) is 4.39 Å². The first-order valence-electron chi connectivity index (χ1n) is 7.53. The lowest BCUT2D eigenvalue weighted by molar-refractivity contribution is 0.233. The molecule has 0 bridgehead atoms. The molecule has 20 heavy (non-hydrogen) atoms. The molecule has 0 radical (unpaired) electrons. The van der Waals surface area contributed by atoms with Crippen LogP contribution in [0.5, 0.6) is 0 Å². The van der Waals surface area contributed by atoms with Crippen LogP contribution in [0.4, 0.5) is 10.1 Å². The molecule has 1 aromatic carbocycles. The summed E-state index contributed by atoms with van der Waals surface area (Å²) in [5.74, 6) is 0.484. The first-order valence-corrected chi connectivity index (χ1v) is 7.53. The van der Waals surface area contributed by atoms with Crippen LogP contribution in [0.1, 0.15) is 20.3 Å². The Morgan fingerprint density at radius 3 is 2.25 bits per heavy atom. The van der Waals surface area contributed by atoms with Gasteiger partial charge in [-0.2, -0.15) is 0 Å². The minimum atomic E-state index is -0.174. The summed E-state index contributed by atoms with van der Waals surface area (Å²) in [6, 6.07) is 7.04. The van der Waals surface area contributed by atoms with E-state index >= 15 is 0 Å². The highest BCUT2D eigenvalue weighted by atomic mass is 19.1. The molecular formula is C16H26FN3. The monoisotopic (exact) mass is 279 g/mol. The lowest BCUT2D eigenvalue weighted by atomic mass is 10.0. The Balaban J connectivity index is 1.79. The molecule has 1 aliphatic heterocycles. The third-order valence-electron chi connectivity index (χ3n) is 3.83. The summed E-state index contributed by atoms with van der Waals surface area (Å²) in [4.78, 5) is 4.75. The van der Waals surface area contributed by atoms with Gasteiger partial charge in [-0.1, -0.05) is 13.8 Å². The van der Waals surface area contributed by atoms with E-state index in [2.05, 4.69) is 23.6 Å². The molecule has 0 saturated carbocycles. The second-order valence-electron chi connectivity index (χ2n) is 6.15. The molecule has 1 fully saturated rings. The maximum atomic E-state index is 12.9. The summed E-state index contributed by atoms with van der Waals surface area (Å²) in [5, 5.41) is 0. The fourth-order valence-electron chi connectivity index (χ4n) is 2.85. The van der Waals surface area contributed by atoms with Crippen molar-refractivity contribution in [3.8, 4) is 0 Å². The zero-order valence-electron chi connectivity index (χ0n) is 12.6. The Labute approximate surface area is 121 Å². The summed E-state index contributed by atoms with van der Waals surface area (Å²) < 4.78 is 12.9. The number of anilines is 1. The number of halogens is 1. The zero-order valence-corrected chi connectivity index (χ0v) is 12.6. The number of piperazine rings is 1. The molecule has 1 heterocycles. The minimum Gasteiger partial charge on any atom is -0.369 e. The van der Waals surface area contributed by atoms with E-state index in [4.69, 9.17) is 5.73 Å². The zero-order chi connectivity index (χ0) is 14.5. The molecule has 3 nitrogen and oxygen atoms in total. The van der Waals surface area contributed by atoms with E-state index in [-0.39, 0.29) is 11.9 Å². The van der Waals surface area contributed by atoms with Crippen molar-refractivity contribution in [1.29, 1.82) is 0 Å². The lowest BCUT2D eigenvalue weighted by Gasteiger charge is -2.37. The third-order valence-corrected chi connectivity index (χ3v) is 3.83. The van der Waals surface area contributed by atoms with Crippen molar-refractivity contribution in [3.63, 3.8) is 0 Å². The largest absolute Gasteiger partial charge is 0.369 e. The second kappa shape index (κ2) is 7.04. The highest BCUT2D eigenvalue weighted by Crippen LogP contribution is 2.17. The quantitative estimate of drug-likeness (QED) is 0.898. The first-order chi connectivity index (χ1) is 9.54. The van der Waals surface area contributed by atoms with E-state index < -0.39 is 0 Å². The number of hydrogen-bond donors (Lipinski definition) is 1. The van der Waals surface area contributed by atoms with Gasteiger partial charge in [-0.3, -0.25) is 4.90 Å². The van der Waals surface area contributed by atoms with Gasteiger partial charge >= 0.3 is 0 Å². The van der Waals surface area contributed by atoms with Crippen LogP contribution >= 0.6 is 0 Å². The normalized spacial score (nSPS) is 18.6. The topological polar surface area (TPSA) is 32.5 Å². The Morgan fingerprint density at radius 2 is 1.70 bits per heavy atom. The maximum Gasteiger partial charge on any atom is 0.123 e. The fourth-order valence-corrected chi connectivity index (χ4v) is 2.85. The molecule has 0 spiro atoms. The molecule has 0 amide bonds. The summed E-state index contributed by atoms with van der Waals surface area (Å²) >= 11 is 0. The predicted octanol–water partition coefficient (Wildman–Crippen LogP) is 2.32. The molecule has 2 N–H and O–H groups in total. The molecule has 112 valence electrons. The summed E-state index contributed by atoms with van der Waals surface area (Å²) in [7, 11) is 0. The van der Waals surface area contributed by atoms with Gasteiger partial charge in [-0.15, -0.1) is 0 Å². The van der Waals surface area contributed by atoms with Gasteiger partial charge in [0.25, 0.3) is 0 Å². The molecule has 1 unspecified atom stereocenters. The molecule has 1 saturated heterocycles. The van der Waals surface area contributed by atoms with Crippen molar-refractivity contribution in [2.24, 2.45) is 11.7 Å². The van der Waals surface area contributed by atoms with Crippen molar-refractivity contribution < 1.29 is 4.39 Å². The number of nitrogens with zero attached hydrogens (tertiary/aromatic N) is 2. The number of hydrogen-bond acceptors (Lipinski definition) is 3. The number of rotatable bonds is 5. The van der Waals surface area contributed by atoms with Gasteiger partial charge in [0, 0.05) is 44.5 Å². The van der Waals surface area contributed by atoms with Gasteiger partial charge in [0.15, 0.2) is 0 Å². The van der Waals surface area contributed by atoms with Crippen LogP contribution in [-0.4, -0.2) is 43.7 Å². The highest BCUT2D eigenvalue weighted by molar-refractivity contribution is 5.46. The third kappa shape index (κ3) is 4.46. The van der Waals surface area contributed by atoms with Crippen molar-refractivity contribution in [1.82, 2.24) is 4.90 Å². The minimum absolute atomic E-state index is 0.174. The van der Waals surface area contributed by atoms with Crippen molar-refractivity contribution >= 4 is 5.69 Å². The fraction of sp³-hybridized carbons (Fsp3) is 0.625. The Morgan fingerprint density at radius 1 is 1.10 bits per heavy atom. The lowest BCUT2D eigenvalue weighted by Crippen LogP contribution is -2.50. The molecule has 1 atom stereocenters. The van der Waals surface area contributed by atoms with Gasteiger partial charge in [0.05, 0.1) is 0 Å². The summed E-state index contributed by atoms with van der Waals surface area (Å²) in [6.45, 7) is 9.44.